The van der Waals surface area contributed by atoms with Crippen molar-refractivity contribution in [1.82, 2.24) is 0 Å². The van der Waals surface area contributed by atoms with Crippen LogP contribution >= 0.6 is 0 Å². The summed E-state index contributed by atoms with van der Waals surface area (Å²) in [6, 6.07) is 0. The van der Waals surface area contributed by atoms with Crippen molar-refractivity contribution < 1.29 is 14.3 Å². The van der Waals surface area contributed by atoms with Crippen molar-refractivity contribution >= 4 is 14.3 Å². The van der Waals surface area contributed by atoms with Gasteiger partial charge in [0.2, 0.25) is 0 Å². The number of carbonyl (C=O) groups is 1. The average molecular weight is 244 g/mol. The molecule has 0 amide bonds. The summed E-state index contributed by atoms with van der Waals surface area (Å²) >= 11 is 0. The van der Waals surface area contributed by atoms with Crippen LogP contribution in [0.1, 0.15) is 33.6 Å². The number of hydrogen-bond donors (Lipinski definition) is 1. The van der Waals surface area contributed by atoms with E-state index in [4.69, 9.17) is 9.53 Å². The summed E-state index contributed by atoms with van der Waals surface area (Å²) in [5.41, 5.74) is 0. The molecular weight excluding hydrogens is 220 g/mol. The average Bonchev–Trinajstić information content (AvgIpc) is 2.81. The van der Waals surface area contributed by atoms with E-state index in [2.05, 4.69) is 33.9 Å². The minimum absolute atomic E-state index is 0.0944. The van der Waals surface area contributed by atoms with E-state index >= 15 is 0 Å². The minimum Gasteiger partial charge on any atom is -0.481 e. The molecule has 0 heterocycles. The van der Waals surface area contributed by atoms with Crippen LogP contribution in [-0.2, 0) is 9.22 Å². The lowest BCUT2D eigenvalue weighted by atomic mass is 10.2. The molecule has 0 aliphatic heterocycles. The molecule has 0 spiro atoms. The Labute approximate surface area is 99.3 Å². The lowest BCUT2D eigenvalue weighted by molar-refractivity contribution is -0.138. The van der Waals surface area contributed by atoms with Gasteiger partial charge in [-0.1, -0.05) is 20.8 Å². The van der Waals surface area contributed by atoms with Crippen molar-refractivity contribution in [3.05, 3.63) is 0 Å². The first-order valence-corrected chi connectivity index (χ1v) is 8.93. The van der Waals surface area contributed by atoms with Crippen molar-refractivity contribution in [2.45, 2.75) is 51.7 Å². The van der Waals surface area contributed by atoms with Gasteiger partial charge in [0.15, 0.2) is 8.32 Å². The van der Waals surface area contributed by atoms with Gasteiger partial charge in [-0.15, -0.1) is 0 Å². The molecule has 2 unspecified atom stereocenters. The van der Waals surface area contributed by atoms with Crippen LogP contribution in [0.25, 0.3) is 0 Å². The molecule has 1 rings (SSSR count). The zero-order valence-corrected chi connectivity index (χ0v) is 12.0. The highest BCUT2D eigenvalue weighted by Gasteiger charge is 2.43. The summed E-state index contributed by atoms with van der Waals surface area (Å²) in [6.07, 6.45) is 1.75. The van der Waals surface area contributed by atoms with E-state index < -0.39 is 14.3 Å². The lowest BCUT2D eigenvalue weighted by Crippen LogP contribution is -2.41. The topological polar surface area (TPSA) is 46.5 Å². The van der Waals surface area contributed by atoms with Crippen LogP contribution in [0.4, 0.5) is 0 Å². The van der Waals surface area contributed by atoms with Crippen LogP contribution < -0.4 is 0 Å². The lowest BCUT2D eigenvalue weighted by Gasteiger charge is -2.36. The summed E-state index contributed by atoms with van der Waals surface area (Å²) in [6.45, 7) is 11.8. The largest absolute Gasteiger partial charge is 0.481 e. The summed E-state index contributed by atoms with van der Waals surface area (Å²) in [7, 11) is -1.64. The standard InChI is InChI=1S/C12H24O3Si/c1-12(2,3)16(4,5)15-7-6-9-8-10(9)11(13)14/h9-10H,6-8H2,1-5H3,(H,13,14). The summed E-state index contributed by atoms with van der Waals surface area (Å²) < 4.78 is 6.02. The van der Waals surface area contributed by atoms with E-state index in [9.17, 15) is 4.79 Å². The number of carboxylic acids is 1. The van der Waals surface area contributed by atoms with Crippen LogP contribution in [0, 0.1) is 11.8 Å². The predicted molar refractivity (Wildman–Crippen MR) is 67.0 cm³/mol. The third-order valence-corrected chi connectivity index (χ3v) is 8.54. The van der Waals surface area contributed by atoms with Gasteiger partial charge in [0.05, 0.1) is 5.92 Å². The smallest absolute Gasteiger partial charge is 0.306 e. The molecule has 16 heavy (non-hydrogen) atoms. The maximum atomic E-state index is 10.7. The quantitative estimate of drug-likeness (QED) is 0.756. The van der Waals surface area contributed by atoms with E-state index in [1.54, 1.807) is 0 Å². The zero-order chi connectivity index (χ0) is 12.6. The van der Waals surface area contributed by atoms with Gasteiger partial charge in [0.1, 0.15) is 0 Å². The molecule has 1 aliphatic rings. The number of aliphatic carboxylic acids is 1. The molecule has 0 radical (unpaired) electrons. The maximum absolute atomic E-state index is 10.7. The molecule has 0 bridgehead atoms. The van der Waals surface area contributed by atoms with Gasteiger partial charge in [0, 0.05) is 6.61 Å². The van der Waals surface area contributed by atoms with E-state index in [1.807, 2.05) is 0 Å². The summed E-state index contributed by atoms with van der Waals surface area (Å²) in [4.78, 5) is 10.7. The van der Waals surface area contributed by atoms with Crippen molar-refractivity contribution in [1.29, 1.82) is 0 Å². The molecule has 1 aliphatic carbocycles. The predicted octanol–water partition coefficient (Wildman–Crippen LogP) is 3.12. The van der Waals surface area contributed by atoms with Crippen LogP contribution in [0.15, 0.2) is 0 Å². The third-order valence-electron chi connectivity index (χ3n) is 4.00. The van der Waals surface area contributed by atoms with Crippen molar-refractivity contribution in [3.8, 4) is 0 Å². The van der Waals surface area contributed by atoms with E-state index in [0.717, 1.165) is 19.4 Å². The molecule has 1 N–H and O–H groups in total. The first kappa shape index (κ1) is 13.7. The summed E-state index contributed by atoms with van der Waals surface area (Å²) in [5, 5.41) is 9.02. The van der Waals surface area contributed by atoms with Crippen LogP contribution in [0.5, 0.6) is 0 Å². The molecule has 4 heteroatoms. The first-order chi connectivity index (χ1) is 7.15. The molecule has 2 atom stereocenters. The molecule has 1 fully saturated rings. The van der Waals surface area contributed by atoms with Gasteiger partial charge in [-0.25, -0.2) is 0 Å². The fourth-order valence-corrected chi connectivity index (χ4v) is 2.61. The SMILES string of the molecule is CC(C)(C)[Si](C)(C)OCCC1CC1C(=O)O. The second kappa shape index (κ2) is 4.49. The van der Waals surface area contributed by atoms with Gasteiger partial charge < -0.3 is 9.53 Å². The fourth-order valence-electron chi connectivity index (χ4n) is 1.55. The van der Waals surface area contributed by atoms with Gasteiger partial charge in [-0.2, -0.15) is 0 Å². The van der Waals surface area contributed by atoms with Crippen molar-refractivity contribution in [3.63, 3.8) is 0 Å². The van der Waals surface area contributed by atoms with Crippen molar-refractivity contribution in [2.24, 2.45) is 11.8 Å². The van der Waals surface area contributed by atoms with E-state index in [-0.39, 0.29) is 11.0 Å². The van der Waals surface area contributed by atoms with Crippen LogP contribution in [0.2, 0.25) is 18.1 Å². The number of hydrogen-bond acceptors (Lipinski definition) is 2. The number of rotatable bonds is 5. The molecule has 0 aromatic heterocycles. The molecule has 1 saturated carbocycles. The minimum atomic E-state index is -1.64. The van der Waals surface area contributed by atoms with Gasteiger partial charge in [-0.3, -0.25) is 4.79 Å². The molecule has 0 aromatic carbocycles. The van der Waals surface area contributed by atoms with Gasteiger partial charge in [-0.05, 0) is 36.9 Å². The Morgan fingerprint density at radius 1 is 1.44 bits per heavy atom. The van der Waals surface area contributed by atoms with E-state index in [1.165, 1.54) is 0 Å². The summed E-state index contributed by atoms with van der Waals surface area (Å²) in [5.74, 6) is -0.373. The zero-order valence-electron chi connectivity index (χ0n) is 11.0. The Bertz CT molecular complexity index is 268. The molecule has 0 aromatic rings. The van der Waals surface area contributed by atoms with Crippen LogP contribution in [0.3, 0.4) is 0 Å². The Morgan fingerprint density at radius 3 is 2.38 bits per heavy atom. The Morgan fingerprint density at radius 2 is 2.00 bits per heavy atom. The Kier molecular flexibility index (Phi) is 3.85. The Hall–Kier alpha value is -0.353. The normalized spacial score (nSPS) is 25.6. The molecule has 0 saturated heterocycles. The Balaban J connectivity index is 2.24. The number of carboxylic acid groups (broad SMARTS) is 1. The molecule has 94 valence electrons. The third kappa shape index (κ3) is 3.32. The van der Waals surface area contributed by atoms with Gasteiger partial charge in [0.25, 0.3) is 0 Å². The highest BCUT2D eigenvalue weighted by Crippen LogP contribution is 2.42. The fraction of sp³-hybridized carbons (Fsp3) is 0.917. The van der Waals surface area contributed by atoms with E-state index in [0.29, 0.717) is 5.92 Å². The molecular formula is C12H24O3Si. The first-order valence-electron chi connectivity index (χ1n) is 6.02. The second-order valence-electron chi connectivity index (χ2n) is 6.34. The van der Waals surface area contributed by atoms with Crippen LogP contribution in [-0.4, -0.2) is 26.0 Å². The molecule has 3 nitrogen and oxygen atoms in total. The van der Waals surface area contributed by atoms with Crippen molar-refractivity contribution in [2.75, 3.05) is 6.61 Å². The maximum Gasteiger partial charge on any atom is 0.306 e. The highest BCUT2D eigenvalue weighted by atomic mass is 28.4. The second-order valence-corrected chi connectivity index (χ2v) is 11.1. The highest BCUT2D eigenvalue weighted by molar-refractivity contribution is 6.74. The monoisotopic (exact) mass is 244 g/mol. The van der Waals surface area contributed by atoms with Gasteiger partial charge >= 0.3 is 5.97 Å².